The van der Waals surface area contributed by atoms with Crippen LogP contribution in [0.5, 0.6) is 11.5 Å². The summed E-state index contributed by atoms with van der Waals surface area (Å²) in [4.78, 5) is 0. The van der Waals surface area contributed by atoms with Crippen LogP contribution in [-0.4, -0.2) is 10.2 Å². The molecule has 0 aliphatic heterocycles. The maximum Gasteiger partial charge on any atom is 0.141 e. The van der Waals surface area contributed by atoms with Crippen molar-refractivity contribution in [2.24, 2.45) is 0 Å². The van der Waals surface area contributed by atoms with Crippen LogP contribution in [0.2, 0.25) is 0 Å². The van der Waals surface area contributed by atoms with Gasteiger partial charge < -0.3 is 15.5 Å². The van der Waals surface area contributed by atoms with Gasteiger partial charge in [-0.3, -0.25) is 0 Å². The minimum absolute atomic E-state index is 0.0366. The number of benzene rings is 2. The molecule has 3 N–H and O–H groups in total. The van der Waals surface area contributed by atoms with Gasteiger partial charge in [0.05, 0.1) is 5.56 Å². The van der Waals surface area contributed by atoms with Crippen LogP contribution in [0.25, 0.3) is 0 Å². The van der Waals surface area contributed by atoms with Gasteiger partial charge in [-0.1, -0.05) is 0 Å². The summed E-state index contributed by atoms with van der Waals surface area (Å²) in [7, 11) is 0. The molecular formula is C15H13FN2O2. The van der Waals surface area contributed by atoms with Gasteiger partial charge >= 0.3 is 0 Å². The molecule has 0 aromatic heterocycles. The zero-order valence-electron chi connectivity index (χ0n) is 10.8. The lowest BCUT2D eigenvalue weighted by atomic mass is 10.1. The highest BCUT2D eigenvalue weighted by Gasteiger charge is 2.09. The van der Waals surface area contributed by atoms with Crippen LogP contribution in [0.4, 0.5) is 10.1 Å². The van der Waals surface area contributed by atoms with Crippen LogP contribution in [0.1, 0.15) is 24.1 Å². The Morgan fingerprint density at radius 2 is 1.80 bits per heavy atom. The van der Waals surface area contributed by atoms with Crippen molar-refractivity contribution in [3.63, 3.8) is 0 Å². The Labute approximate surface area is 115 Å². The zero-order valence-corrected chi connectivity index (χ0v) is 10.8. The number of nitrogens with zero attached hydrogens (tertiary/aromatic N) is 1. The first kappa shape index (κ1) is 13.7. The number of hydrogen-bond donors (Lipinski definition) is 3. The lowest BCUT2D eigenvalue weighted by Crippen LogP contribution is -2.06. The smallest absolute Gasteiger partial charge is 0.141 e. The molecule has 0 spiro atoms. The van der Waals surface area contributed by atoms with Gasteiger partial charge in [-0.25, -0.2) is 4.39 Å². The molecule has 2 aromatic carbocycles. The molecule has 2 rings (SSSR count). The second-order valence-electron chi connectivity index (χ2n) is 4.46. The molecule has 0 aliphatic carbocycles. The molecule has 5 heteroatoms. The van der Waals surface area contributed by atoms with E-state index in [1.54, 1.807) is 6.07 Å². The summed E-state index contributed by atoms with van der Waals surface area (Å²) < 4.78 is 13.2. The van der Waals surface area contributed by atoms with Crippen molar-refractivity contribution in [1.29, 1.82) is 5.26 Å². The Balaban J connectivity index is 2.23. The summed E-state index contributed by atoms with van der Waals surface area (Å²) in [6, 6.07) is 9.97. The van der Waals surface area contributed by atoms with Crippen LogP contribution >= 0.6 is 0 Å². The number of phenols is 2. The summed E-state index contributed by atoms with van der Waals surface area (Å²) in [5.74, 6) is -0.642. The van der Waals surface area contributed by atoms with E-state index in [0.717, 1.165) is 0 Å². The van der Waals surface area contributed by atoms with Gasteiger partial charge in [0.2, 0.25) is 0 Å². The van der Waals surface area contributed by atoms with E-state index < -0.39 is 5.82 Å². The molecule has 1 atom stereocenters. The van der Waals surface area contributed by atoms with E-state index >= 15 is 0 Å². The molecule has 102 valence electrons. The fraction of sp³-hybridized carbons (Fsp3) is 0.133. The summed E-state index contributed by atoms with van der Waals surface area (Å²) in [5, 5.41) is 30.8. The number of nitrogens with one attached hydrogen (secondary N) is 1. The number of aromatic hydroxyl groups is 2. The number of hydrogen-bond acceptors (Lipinski definition) is 4. The summed E-state index contributed by atoms with van der Waals surface area (Å²) in [6.45, 7) is 1.82. The van der Waals surface area contributed by atoms with Crippen LogP contribution in [0, 0.1) is 17.1 Å². The van der Waals surface area contributed by atoms with Crippen molar-refractivity contribution in [2.45, 2.75) is 13.0 Å². The third kappa shape index (κ3) is 2.98. The first-order chi connectivity index (χ1) is 9.49. The van der Waals surface area contributed by atoms with E-state index in [0.29, 0.717) is 11.3 Å². The maximum absolute atomic E-state index is 13.2. The van der Waals surface area contributed by atoms with E-state index in [4.69, 9.17) is 5.26 Å². The molecule has 0 bridgehead atoms. The average Bonchev–Trinajstić information content (AvgIpc) is 2.39. The van der Waals surface area contributed by atoms with Crippen LogP contribution in [0.3, 0.4) is 0 Å². The minimum atomic E-state index is -0.569. The molecule has 0 heterocycles. The highest BCUT2D eigenvalue weighted by Crippen LogP contribution is 2.27. The molecule has 2 aromatic rings. The topological polar surface area (TPSA) is 76.3 Å². The van der Waals surface area contributed by atoms with E-state index in [1.165, 1.54) is 36.4 Å². The van der Waals surface area contributed by atoms with Crippen LogP contribution < -0.4 is 5.32 Å². The molecule has 0 saturated heterocycles. The molecule has 0 amide bonds. The molecule has 4 nitrogen and oxygen atoms in total. The first-order valence-corrected chi connectivity index (χ1v) is 5.98. The molecule has 20 heavy (non-hydrogen) atoms. The first-order valence-electron chi connectivity index (χ1n) is 5.98. The minimum Gasteiger partial charge on any atom is -0.508 e. The number of halogens is 1. The van der Waals surface area contributed by atoms with E-state index in [-0.39, 0.29) is 23.1 Å². The maximum atomic E-state index is 13.2. The van der Waals surface area contributed by atoms with Gasteiger partial charge in [0, 0.05) is 17.8 Å². The number of phenolic OH excluding ortho intramolecular Hbond substituents is 2. The van der Waals surface area contributed by atoms with Crippen molar-refractivity contribution in [3.05, 3.63) is 53.3 Å². The van der Waals surface area contributed by atoms with Gasteiger partial charge in [-0.05, 0) is 42.8 Å². The monoisotopic (exact) mass is 272 g/mol. The number of nitriles is 1. The Morgan fingerprint density at radius 1 is 1.15 bits per heavy atom. The number of rotatable bonds is 3. The Kier molecular flexibility index (Phi) is 3.76. The molecule has 0 saturated carbocycles. The van der Waals surface area contributed by atoms with Gasteiger partial charge in [0.15, 0.2) is 0 Å². The van der Waals surface area contributed by atoms with Crippen molar-refractivity contribution in [1.82, 2.24) is 0 Å². The third-order valence-corrected chi connectivity index (χ3v) is 2.89. The van der Waals surface area contributed by atoms with E-state index in [2.05, 4.69) is 5.32 Å². The van der Waals surface area contributed by atoms with E-state index in [1.807, 2.05) is 6.92 Å². The number of anilines is 1. The fourth-order valence-corrected chi connectivity index (χ4v) is 1.90. The fourth-order valence-electron chi connectivity index (χ4n) is 1.90. The Morgan fingerprint density at radius 3 is 2.40 bits per heavy atom. The lowest BCUT2D eigenvalue weighted by Gasteiger charge is -2.16. The summed E-state index contributed by atoms with van der Waals surface area (Å²) in [6.07, 6.45) is 0. The Bertz CT molecular complexity index is 660. The standard InChI is InChI=1S/C15H13FN2O2/c1-9(10-5-13(19)7-14(20)6-10)18-12-2-3-15(16)11(4-12)8-17/h2-7,9,18-20H,1H3. The van der Waals surface area contributed by atoms with Gasteiger partial charge in [0.1, 0.15) is 23.4 Å². The van der Waals surface area contributed by atoms with Gasteiger partial charge in [0.25, 0.3) is 0 Å². The van der Waals surface area contributed by atoms with Crippen molar-refractivity contribution < 1.29 is 14.6 Å². The normalized spacial score (nSPS) is 11.7. The molecule has 0 aliphatic rings. The van der Waals surface area contributed by atoms with E-state index in [9.17, 15) is 14.6 Å². The van der Waals surface area contributed by atoms with Crippen molar-refractivity contribution in [3.8, 4) is 17.6 Å². The van der Waals surface area contributed by atoms with Crippen molar-refractivity contribution in [2.75, 3.05) is 5.32 Å². The van der Waals surface area contributed by atoms with Crippen molar-refractivity contribution >= 4 is 5.69 Å². The second-order valence-corrected chi connectivity index (χ2v) is 4.46. The quantitative estimate of drug-likeness (QED) is 0.801. The predicted octanol–water partition coefficient (Wildman–Crippen LogP) is 3.28. The highest BCUT2D eigenvalue weighted by molar-refractivity contribution is 5.52. The molecule has 1 unspecified atom stereocenters. The average molecular weight is 272 g/mol. The van der Waals surface area contributed by atoms with Crippen LogP contribution in [-0.2, 0) is 0 Å². The third-order valence-electron chi connectivity index (χ3n) is 2.89. The predicted molar refractivity (Wildman–Crippen MR) is 72.9 cm³/mol. The molecular weight excluding hydrogens is 259 g/mol. The SMILES string of the molecule is CC(Nc1ccc(F)c(C#N)c1)c1cc(O)cc(O)c1. The summed E-state index contributed by atoms with van der Waals surface area (Å²) >= 11 is 0. The molecule has 0 fully saturated rings. The zero-order chi connectivity index (χ0) is 14.7. The summed E-state index contributed by atoms with van der Waals surface area (Å²) in [5.41, 5.74) is 1.21. The largest absolute Gasteiger partial charge is 0.508 e. The van der Waals surface area contributed by atoms with Crippen LogP contribution in [0.15, 0.2) is 36.4 Å². The Hall–Kier alpha value is -2.74. The second kappa shape index (κ2) is 5.49. The van der Waals surface area contributed by atoms with Gasteiger partial charge in [-0.2, -0.15) is 5.26 Å². The van der Waals surface area contributed by atoms with Gasteiger partial charge in [-0.15, -0.1) is 0 Å². The lowest BCUT2D eigenvalue weighted by molar-refractivity contribution is 0.448. The highest BCUT2D eigenvalue weighted by atomic mass is 19.1. The molecule has 0 radical (unpaired) electrons.